The highest BCUT2D eigenvalue weighted by atomic mass is 35.5. The van der Waals surface area contributed by atoms with Crippen molar-refractivity contribution in [3.05, 3.63) is 58.6 Å². The van der Waals surface area contributed by atoms with Gasteiger partial charge in [0.15, 0.2) is 0 Å². The van der Waals surface area contributed by atoms with Crippen LogP contribution in [0.1, 0.15) is 11.1 Å². The zero-order chi connectivity index (χ0) is 16.9. The number of hydrogen-bond acceptors (Lipinski definition) is 4. The minimum atomic E-state index is -3.63. The summed E-state index contributed by atoms with van der Waals surface area (Å²) in [5.74, 6) is 0.617. The van der Waals surface area contributed by atoms with E-state index in [1.54, 1.807) is 11.8 Å². The van der Waals surface area contributed by atoms with Crippen LogP contribution >= 0.6 is 23.4 Å². The summed E-state index contributed by atoms with van der Waals surface area (Å²) in [6.07, 6.45) is 0. The second kappa shape index (κ2) is 7.84. The maximum absolute atomic E-state index is 12.2. The first-order valence-electron chi connectivity index (χ1n) is 6.81. The molecule has 2 aromatic carbocycles. The molecular formula is C16H15ClN2O2S2. The van der Waals surface area contributed by atoms with Crippen LogP contribution in [0.5, 0.6) is 0 Å². The first-order chi connectivity index (χ1) is 10.9. The second-order valence-corrected chi connectivity index (χ2v) is 8.16. The minimum absolute atomic E-state index is 0.0573. The fourth-order valence-corrected chi connectivity index (χ4v) is 4.06. The van der Waals surface area contributed by atoms with Gasteiger partial charge in [-0.05, 0) is 37.3 Å². The fraction of sp³-hybridized carbons (Fsp3) is 0.188. The molecule has 0 aromatic heterocycles. The molecule has 120 valence electrons. The predicted molar refractivity (Wildman–Crippen MR) is 93.3 cm³/mol. The lowest BCUT2D eigenvalue weighted by molar-refractivity contribution is 0.584. The molecule has 0 saturated carbocycles. The van der Waals surface area contributed by atoms with Gasteiger partial charge in [0.05, 0.1) is 15.5 Å². The Bertz CT molecular complexity index is 828. The first kappa shape index (κ1) is 17.8. The summed E-state index contributed by atoms with van der Waals surface area (Å²) in [5.41, 5.74) is 1.44. The molecule has 0 aliphatic carbocycles. The van der Waals surface area contributed by atoms with E-state index in [-0.39, 0.29) is 15.5 Å². The molecule has 0 radical (unpaired) electrons. The maximum Gasteiger partial charge on any atom is 0.240 e. The monoisotopic (exact) mass is 366 g/mol. The summed E-state index contributed by atoms with van der Waals surface area (Å²) in [6, 6.07) is 14.0. The molecule has 0 aliphatic rings. The quantitative estimate of drug-likeness (QED) is 0.626. The number of nitrogens with one attached hydrogen (secondary N) is 1. The van der Waals surface area contributed by atoms with Crippen molar-refractivity contribution in [1.29, 1.82) is 5.26 Å². The van der Waals surface area contributed by atoms with Crippen LogP contribution in [0.4, 0.5) is 0 Å². The van der Waals surface area contributed by atoms with Gasteiger partial charge in [-0.2, -0.15) is 5.26 Å². The van der Waals surface area contributed by atoms with Gasteiger partial charge in [-0.15, -0.1) is 11.8 Å². The number of nitriles is 1. The van der Waals surface area contributed by atoms with Crippen molar-refractivity contribution in [3.63, 3.8) is 0 Å². The van der Waals surface area contributed by atoms with E-state index in [4.69, 9.17) is 16.9 Å². The highest BCUT2D eigenvalue weighted by Gasteiger charge is 2.15. The third-order valence-corrected chi connectivity index (χ3v) is 5.84. The van der Waals surface area contributed by atoms with E-state index in [2.05, 4.69) is 4.72 Å². The summed E-state index contributed by atoms with van der Waals surface area (Å²) < 4.78 is 26.9. The normalized spacial score (nSPS) is 11.2. The fourth-order valence-electron chi connectivity index (χ4n) is 1.82. The predicted octanol–water partition coefficient (Wildman–Crippen LogP) is 3.59. The number of nitrogens with zero attached hydrogens (tertiary/aromatic N) is 1. The molecular weight excluding hydrogens is 352 g/mol. The lowest BCUT2D eigenvalue weighted by atomic mass is 10.2. The molecule has 0 fully saturated rings. The number of halogens is 1. The molecule has 0 bridgehead atoms. The number of hydrogen-bond donors (Lipinski definition) is 1. The molecule has 0 heterocycles. The molecule has 7 heteroatoms. The van der Waals surface area contributed by atoms with Crippen LogP contribution in [0, 0.1) is 18.3 Å². The average molecular weight is 367 g/mol. The Morgan fingerprint density at radius 2 is 1.91 bits per heavy atom. The van der Waals surface area contributed by atoms with Crippen LogP contribution in [0.25, 0.3) is 0 Å². The zero-order valence-electron chi connectivity index (χ0n) is 12.4. The van der Waals surface area contributed by atoms with Gasteiger partial charge < -0.3 is 0 Å². The molecule has 2 rings (SSSR count). The van der Waals surface area contributed by atoms with E-state index in [1.165, 1.54) is 23.8 Å². The number of rotatable bonds is 6. The highest BCUT2D eigenvalue weighted by molar-refractivity contribution is 7.99. The minimum Gasteiger partial charge on any atom is -0.210 e. The second-order valence-electron chi connectivity index (χ2n) is 4.81. The van der Waals surface area contributed by atoms with Crippen molar-refractivity contribution < 1.29 is 8.42 Å². The van der Waals surface area contributed by atoms with Gasteiger partial charge in [0.25, 0.3) is 0 Å². The van der Waals surface area contributed by atoms with Gasteiger partial charge >= 0.3 is 0 Å². The van der Waals surface area contributed by atoms with E-state index >= 15 is 0 Å². The molecule has 0 aliphatic heterocycles. The molecule has 4 nitrogen and oxygen atoms in total. The van der Waals surface area contributed by atoms with Crippen molar-refractivity contribution in [2.24, 2.45) is 0 Å². The maximum atomic E-state index is 12.2. The zero-order valence-corrected chi connectivity index (χ0v) is 14.8. The van der Waals surface area contributed by atoms with Crippen LogP contribution in [0.2, 0.25) is 5.02 Å². The Morgan fingerprint density at radius 1 is 1.22 bits per heavy atom. The Hall–Kier alpha value is -1.52. The average Bonchev–Trinajstić information content (AvgIpc) is 2.53. The molecule has 0 atom stereocenters. The Balaban J connectivity index is 1.92. The molecule has 0 saturated heterocycles. The molecule has 1 N–H and O–H groups in total. The number of thioether (sulfide) groups is 1. The summed E-state index contributed by atoms with van der Waals surface area (Å²) in [4.78, 5) is 1.15. The van der Waals surface area contributed by atoms with Crippen LogP contribution in [0.3, 0.4) is 0 Å². The van der Waals surface area contributed by atoms with Gasteiger partial charge in [-0.3, -0.25) is 0 Å². The Morgan fingerprint density at radius 3 is 2.52 bits per heavy atom. The summed E-state index contributed by atoms with van der Waals surface area (Å²) in [7, 11) is -3.63. The Kier molecular flexibility index (Phi) is 6.08. The van der Waals surface area contributed by atoms with Gasteiger partial charge in [0.1, 0.15) is 6.07 Å². The van der Waals surface area contributed by atoms with E-state index < -0.39 is 10.0 Å². The third-order valence-electron chi connectivity index (χ3n) is 3.06. The lowest BCUT2D eigenvalue weighted by Crippen LogP contribution is -2.26. The van der Waals surface area contributed by atoms with Crippen LogP contribution in [0.15, 0.2) is 52.3 Å². The lowest BCUT2D eigenvalue weighted by Gasteiger charge is -2.07. The van der Waals surface area contributed by atoms with Gasteiger partial charge in [-0.1, -0.05) is 29.3 Å². The van der Waals surface area contributed by atoms with Gasteiger partial charge in [0.2, 0.25) is 10.0 Å². The first-order valence-corrected chi connectivity index (χ1v) is 9.66. The van der Waals surface area contributed by atoms with E-state index in [9.17, 15) is 8.42 Å². The number of sulfonamides is 1. The van der Waals surface area contributed by atoms with Gasteiger partial charge in [-0.25, -0.2) is 13.1 Å². The molecule has 0 spiro atoms. The van der Waals surface area contributed by atoms with Gasteiger partial charge in [0, 0.05) is 17.2 Å². The van der Waals surface area contributed by atoms with Crippen molar-refractivity contribution in [2.45, 2.75) is 16.7 Å². The van der Waals surface area contributed by atoms with Crippen molar-refractivity contribution in [1.82, 2.24) is 4.72 Å². The highest BCUT2D eigenvalue weighted by Crippen LogP contribution is 2.21. The SMILES string of the molecule is Cc1ccc(SCCNS(=O)(=O)c2ccc(C#N)c(Cl)c2)cc1. The third kappa shape index (κ3) is 4.98. The number of benzene rings is 2. The molecule has 0 amide bonds. The molecule has 23 heavy (non-hydrogen) atoms. The summed E-state index contributed by atoms with van der Waals surface area (Å²) >= 11 is 7.45. The number of aryl methyl sites for hydroxylation is 1. The topological polar surface area (TPSA) is 70.0 Å². The van der Waals surface area contributed by atoms with Crippen LogP contribution in [-0.2, 0) is 10.0 Å². The smallest absolute Gasteiger partial charge is 0.210 e. The molecule has 2 aromatic rings. The van der Waals surface area contributed by atoms with Crippen molar-refractivity contribution >= 4 is 33.4 Å². The van der Waals surface area contributed by atoms with Crippen molar-refractivity contribution in [3.8, 4) is 6.07 Å². The van der Waals surface area contributed by atoms with E-state index in [0.717, 1.165) is 4.90 Å². The van der Waals surface area contributed by atoms with Crippen LogP contribution in [-0.4, -0.2) is 20.7 Å². The van der Waals surface area contributed by atoms with Crippen LogP contribution < -0.4 is 4.72 Å². The Labute approximate surface area is 145 Å². The van der Waals surface area contributed by atoms with E-state index in [1.807, 2.05) is 37.3 Å². The van der Waals surface area contributed by atoms with Crippen molar-refractivity contribution in [2.75, 3.05) is 12.3 Å². The standard InChI is InChI=1S/C16H15ClN2O2S2/c1-12-2-5-14(6-3-12)22-9-8-19-23(20,21)15-7-4-13(11-18)16(17)10-15/h2-7,10,19H,8-9H2,1H3. The summed E-state index contributed by atoms with van der Waals surface area (Å²) in [6.45, 7) is 2.32. The largest absolute Gasteiger partial charge is 0.240 e. The molecule has 0 unspecified atom stereocenters. The summed E-state index contributed by atoms with van der Waals surface area (Å²) in [5, 5.41) is 8.94. The van der Waals surface area contributed by atoms with E-state index in [0.29, 0.717) is 12.3 Å².